The molecule has 0 aliphatic carbocycles. The van der Waals surface area contributed by atoms with Crippen LogP contribution < -0.4 is 5.73 Å². The molecule has 22 heavy (non-hydrogen) atoms. The van der Waals surface area contributed by atoms with E-state index < -0.39 is 0 Å². The van der Waals surface area contributed by atoms with Crippen LogP contribution >= 0.6 is 0 Å². The highest BCUT2D eigenvalue weighted by atomic mass is 15.3. The molecule has 0 amide bonds. The van der Waals surface area contributed by atoms with Gasteiger partial charge in [-0.1, -0.05) is 45.9 Å². The molecule has 2 aromatic rings. The molecule has 2 N–H and O–H groups in total. The Kier molecular flexibility index (Phi) is 4.96. The second kappa shape index (κ2) is 6.73. The van der Waals surface area contributed by atoms with Gasteiger partial charge < -0.3 is 5.73 Å². The van der Waals surface area contributed by atoms with E-state index >= 15 is 0 Å². The summed E-state index contributed by atoms with van der Waals surface area (Å²) in [6.07, 6.45) is 7.71. The Balaban J connectivity index is 2.57. The lowest BCUT2D eigenvalue weighted by Crippen LogP contribution is -2.07. The molecule has 5 nitrogen and oxygen atoms in total. The van der Waals surface area contributed by atoms with E-state index in [1.54, 1.807) is 0 Å². The minimum atomic E-state index is 0.262. The number of nitrogens with zero attached hydrogens (tertiary/aromatic N) is 4. The van der Waals surface area contributed by atoms with Crippen LogP contribution in [0.3, 0.4) is 0 Å². The van der Waals surface area contributed by atoms with E-state index in [0.29, 0.717) is 11.7 Å². The number of rotatable bonds is 6. The van der Waals surface area contributed by atoms with Gasteiger partial charge in [-0.25, -0.2) is 14.6 Å². The number of hydrogen-bond donors (Lipinski definition) is 1. The molecular weight excluding hydrogens is 274 g/mol. The first-order chi connectivity index (χ1) is 10.5. The van der Waals surface area contributed by atoms with E-state index in [0.717, 1.165) is 35.1 Å². The summed E-state index contributed by atoms with van der Waals surface area (Å²) in [6.45, 7) is 12.7. The van der Waals surface area contributed by atoms with Crippen LogP contribution in [0.4, 0.5) is 5.82 Å². The van der Waals surface area contributed by atoms with Gasteiger partial charge in [0.25, 0.3) is 0 Å². The average Bonchev–Trinajstić information content (AvgIpc) is 2.86. The van der Waals surface area contributed by atoms with Crippen molar-refractivity contribution in [3.05, 3.63) is 30.8 Å². The topological polar surface area (TPSA) is 69.6 Å². The molecule has 5 heteroatoms. The SMILES string of the molecule is C=C(C=CC(C)C)c1nn(C(C)CCC)c2ncnc(N)c12. The zero-order valence-electron chi connectivity index (χ0n) is 13.9. The Labute approximate surface area is 131 Å². The maximum absolute atomic E-state index is 6.07. The lowest BCUT2D eigenvalue weighted by atomic mass is 10.1. The largest absolute Gasteiger partial charge is 0.383 e. The van der Waals surface area contributed by atoms with Crippen molar-refractivity contribution in [2.24, 2.45) is 5.92 Å². The zero-order chi connectivity index (χ0) is 16.3. The Morgan fingerprint density at radius 3 is 2.73 bits per heavy atom. The number of fused-ring (bicyclic) bond motifs is 1. The third kappa shape index (κ3) is 3.18. The zero-order valence-corrected chi connectivity index (χ0v) is 13.9. The number of nitrogens with two attached hydrogens (primary N) is 1. The molecule has 2 rings (SSSR count). The summed E-state index contributed by atoms with van der Waals surface area (Å²) in [5, 5.41) is 5.53. The summed E-state index contributed by atoms with van der Waals surface area (Å²) in [4.78, 5) is 8.50. The summed E-state index contributed by atoms with van der Waals surface area (Å²) in [5.74, 6) is 0.909. The Bertz CT molecular complexity index is 696. The van der Waals surface area contributed by atoms with Crippen LogP contribution in [0.1, 0.15) is 52.3 Å². The van der Waals surface area contributed by atoms with Crippen molar-refractivity contribution in [2.75, 3.05) is 5.73 Å². The second-order valence-corrected chi connectivity index (χ2v) is 6.02. The molecule has 0 aliphatic rings. The fourth-order valence-electron chi connectivity index (χ4n) is 2.46. The smallest absolute Gasteiger partial charge is 0.164 e. The van der Waals surface area contributed by atoms with E-state index in [1.807, 2.05) is 10.8 Å². The van der Waals surface area contributed by atoms with E-state index in [4.69, 9.17) is 10.8 Å². The van der Waals surface area contributed by atoms with Crippen LogP contribution in [0.15, 0.2) is 25.1 Å². The van der Waals surface area contributed by atoms with Gasteiger partial charge in [0.1, 0.15) is 17.8 Å². The molecule has 2 aromatic heterocycles. The Morgan fingerprint density at radius 2 is 2.09 bits per heavy atom. The first-order valence-electron chi connectivity index (χ1n) is 7.81. The summed E-state index contributed by atoms with van der Waals surface area (Å²) in [6, 6.07) is 0.262. The maximum atomic E-state index is 6.07. The number of allylic oxidation sites excluding steroid dienone is 3. The van der Waals surface area contributed by atoms with Crippen LogP contribution in [0.25, 0.3) is 16.6 Å². The Morgan fingerprint density at radius 1 is 1.36 bits per heavy atom. The highest BCUT2D eigenvalue weighted by Gasteiger charge is 2.19. The summed E-state index contributed by atoms with van der Waals surface area (Å²) in [7, 11) is 0. The third-order valence-corrected chi connectivity index (χ3v) is 3.63. The van der Waals surface area contributed by atoms with Crippen molar-refractivity contribution < 1.29 is 0 Å². The molecule has 0 saturated heterocycles. The van der Waals surface area contributed by atoms with E-state index in [1.165, 1.54) is 6.33 Å². The standard InChI is InChI=1S/C17H25N5/c1-6-7-13(5)22-17-14(16(18)19-10-20-17)15(21-22)12(4)9-8-11(2)3/h8-11,13H,4,6-7H2,1-3,5H3,(H2,18,19,20). The van der Waals surface area contributed by atoms with Gasteiger partial charge in [-0.05, 0) is 24.8 Å². The van der Waals surface area contributed by atoms with Crippen LogP contribution in [-0.2, 0) is 0 Å². The predicted molar refractivity (Wildman–Crippen MR) is 92.4 cm³/mol. The number of hydrogen-bond acceptors (Lipinski definition) is 4. The normalized spacial score (nSPS) is 13.3. The summed E-state index contributed by atoms with van der Waals surface area (Å²) in [5.41, 5.74) is 8.46. The molecule has 0 radical (unpaired) electrons. The fourth-order valence-corrected chi connectivity index (χ4v) is 2.46. The summed E-state index contributed by atoms with van der Waals surface area (Å²) < 4.78 is 1.95. The quantitative estimate of drug-likeness (QED) is 0.819. The summed E-state index contributed by atoms with van der Waals surface area (Å²) >= 11 is 0. The highest BCUT2D eigenvalue weighted by molar-refractivity contribution is 5.97. The maximum Gasteiger partial charge on any atom is 0.164 e. The first-order valence-corrected chi connectivity index (χ1v) is 7.81. The van der Waals surface area contributed by atoms with Gasteiger partial charge in [0.2, 0.25) is 0 Å². The second-order valence-electron chi connectivity index (χ2n) is 6.02. The first kappa shape index (κ1) is 16.2. The van der Waals surface area contributed by atoms with Gasteiger partial charge >= 0.3 is 0 Å². The van der Waals surface area contributed by atoms with Crippen molar-refractivity contribution in [1.29, 1.82) is 0 Å². The molecule has 0 aromatic carbocycles. The van der Waals surface area contributed by atoms with Gasteiger partial charge in [-0.2, -0.15) is 5.10 Å². The van der Waals surface area contributed by atoms with Crippen LogP contribution in [-0.4, -0.2) is 19.7 Å². The highest BCUT2D eigenvalue weighted by Crippen LogP contribution is 2.29. The fraction of sp³-hybridized carbons (Fsp3) is 0.471. The molecule has 0 saturated carbocycles. The predicted octanol–water partition coefficient (Wildman–Crippen LogP) is 4.00. The van der Waals surface area contributed by atoms with Gasteiger partial charge in [-0.3, -0.25) is 0 Å². The molecule has 1 atom stereocenters. The molecule has 118 valence electrons. The number of nitrogen functional groups attached to an aromatic ring is 1. The van der Waals surface area contributed by atoms with Crippen LogP contribution in [0.2, 0.25) is 0 Å². The van der Waals surface area contributed by atoms with Crippen LogP contribution in [0.5, 0.6) is 0 Å². The average molecular weight is 299 g/mol. The molecule has 0 fully saturated rings. The molecule has 0 bridgehead atoms. The van der Waals surface area contributed by atoms with E-state index in [-0.39, 0.29) is 6.04 Å². The number of aromatic nitrogens is 4. The molecule has 1 unspecified atom stereocenters. The van der Waals surface area contributed by atoms with Crippen molar-refractivity contribution in [3.8, 4) is 0 Å². The lowest BCUT2D eigenvalue weighted by molar-refractivity contribution is 0.464. The van der Waals surface area contributed by atoms with Gasteiger partial charge in [0, 0.05) is 0 Å². The molecule has 0 aliphatic heterocycles. The Hall–Kier alpha value is -2.17. The van der Waals surface area contributed by atoms with Crippen LogP contribution in [0, 0.1) is 5.92 Å². The van der Waals surface area contributed by atoms with Gasteiger partial charge in [0.15, 0.2) is 5.65 Å². The van der Waals surface area contributed by atoms with Crippen molar-refractivity contribution in [1.82, 2.24) is 19.7 Å². The van der Waals surface area contributed by atoms with Crippen molar-refractivity contribution >= 4 is 22.4 Å². The van der Waals surface area contributed by atoms with E-state index in [9.17, 15) is 0 Å². The molecular formula is C17H25N5. The van der Waals surface area contributed by atoms with E-state index in [2.05, 4.69) is 50.3 Å². The minimum absolute atomic E-state index is 0.262. The lowest BCUT2D eigenvalue weighted by Gasteiger charge is -2.11. The van der Waals surface area contributed by atoms with Crippen molar-refractivity contribution in [3.63, 3.8) is 0 Å². The minimum Gasteiger partial charge on any atom is -0.383 e. The van der Waals surface area contributed by atoms with Gasteiger partial charge in [0.05, 0.1) is 11.4 Å². The number of anilines is 1. The van der Waals surface area contributed by atoms with Gasteiger partial charge in [-0.15, -0.1) is 0 Å². The third-order valence-electron chi connectivity index (χ3n) is 3.63. The molecule has 0 spiro atoms. The molecule has 2 heterocycles. The van der Waals surface area contributed by atoms with Crippen molar-refractivity contribution in [2.45, 2.75) is 46.6 Å². The monoisotopic (exact) mass is 299 g/mol.